The fraction of sp³-hybridized carbons (Fsp3) is 0.278. The molecule has 4 heteroatoms. The number of nitrogens with one attached hydrogen (secondary N) is 2. The van der Waals surface area contributed by atoms with Gasteiger partial charge in [0.1, 0.15) is 12.4 Å². The van der Waals surface area contributed by atoms with Gasteiger partial charge in [-0.2, -0.15) is 0 Å². The molecule has 0 unspecified atom stereocenters. The van der Waals surface area contributed by atoms with Crippen molar-refractivity contribution in [1.82, 2.24) is 5.32 Å². The van der Waals surface area contributed by atoms with Gasteiger partial charge in [0, 0.05) is 18.3 Å². The molecule has 4 nitrogen and oxygen atoms in total. The van der Waals surface area contributed by atoms with Crippen molar-refractivity contribution in [3.05, 3.63) is 58.7 Å². The van der Waals surface area contributed by atoms with E-state index >= 15 is 0 Å². The lowest BCUT2D eigenvalue weighted by Crippen LogP contribution is -2.25. The fourth-order valence-electron chi connectivity index (χ4n) is 2.27. The summed E-state index contributed by atoms with van der Waals surface area (Å²) < 4.78 is 5.92. The van der Waals surface area contributed by atoms with E-state index in [-0.39, 0.29) is 6.03 Å². The van der Waals surface area contributed by atoms with Crippen molar-refractivity contribution in [2.45, 2.75) is 27.4 Å². The summed E-state index contributed by atoms with van der Waals surface area (Å²) in [4.78, 5) is 11.5. The summed E-state index contributed by atoms with van der Waals surface area (Å²) in [5.74, 6) is 0.859. The van der Waals surface area contributed by atoms with Crippen LogP contribution in [0.5, 0.6) is 5.75 Å². The number of urea groups is 1. The zero-order valence-electron chi connectivity index (χ0n) is 13.5. The molecule has 0 aromatic heterocycles. The summed E-state index contributed by atoms with van der Waals surface area (Å²) in [6, 6.07) is 11.7. The van der Waals surface area contributed by atoms with Crippen LogP contribution in [0.25, 0.3) is 0 Å². The molecule has 0 radical (unpaired) electrons. The zero-order chi connectivity index (χ0) is 16.1. The van der Waals surface area contributed by atoms with Crippen molar-refractivity contribution in [1.29, 1.82) is 0 Å². The molecule has 2 amide bonds. The summed E-state index contributed by atoms with van der Waals surface area (Å²) in [5, 5.41) is 5.37. The summed E-state index contributed by atoms with van der Waals surface area (Å²) in [5.41, 5.74) is 5.15. The molecule has 0 aliphatic carbocycles. The number of hydrogen-bond acceptors (Lipinski definition) is 2. The Morgan fingerprint density at radius 2 is 1.73 bits per heavy atom. The number of anilines is 1. The van der Waals surface area contributed by atoms with Crippen LogP contribution in [-0.4, -0.2) is 13.1 Å². The van der Waals surface area contributed by atoms with E-state index in [1.807, 2.05) is 44.2 Å². The molecule has 2 aromatic rings. The van der Waals surface area contributed by atoms with Gasteiger partial charge in [-0.1, -0.05) is 35.4 Å². The van der Waals surface area contributed by atoms with Crippen molar-refractivity contribution in [2.24, 2.45) is 0 Å². The first-order valence-electron chi connectivity index (χ1n) is 7.28. The van der Waals surface area contributed by atoms with E-state index in [4.69, 9.17) is 4.74 Å². The van der Waals surface area contributed by atoms with Crippen molar-refractivity contribution in [3.8, 4) is 5.75 Å². The van der Waals surface area contributed by atoms with E-state index in [0.717, 1.165) is 28.1 Å². The number of amides is 2. The van der Waals surface area contributed by atoms with Crippen LogP contribution in [-0.2, 0) is 6.61 Å². The summed E-state index contributed by atoms with van der Waals surface area (Å²) >= 11 is 0. The molecule has 0 heterocycles. The Morgan fingerprint density at radius 1 is 1.05 bits per heavy atom. The number of ether oxygens (including phenoxy) is 1. The van der Waals surface area contributed by atoms with Crippen LogP contribution in [0.3, 0.4) is 0 Å². The monoisotopic (exact) mass is 298 g/mol. The molecule has 0 spiro atoms. The fourth-order valence-corrected chi connectivity index (χ4v) is 2.27. The van der Waals surface area contributed by atoms with Crippen LogP contribution in [0.2, 0.25) is 0 Å². The molecule has 0 bridgehead atoms. The second-order valence-electron chi connectivity index (χ2n) is 5.42. The van der Waals surface area contributed by atoms with Crippen LogP contribution in [0.15, 0.2) is 36.4 Å². The van der Waals surface area contributed by atoms with E-state index in [9.17, 15) is 4.79 Å². The van der Waals surface area contributed by atoms with Gasteiger partial charge < -0.3 is 15.4 Å². The number of hydrogen-bond donors (Lipinski definition) is 2. The average Bonchev–Trinajstić information content (AvgIpc) is 2.48. The number of aryl methyl sites for hydroxylation is 3. The Labute approximate surface area is 131 Å². The van der Waals surface area contributed by atoms with Crippen LogP contribution in [0, 0.1) is 20.8 Å². The van der Waals surface area contributed by atoms with Gasteiger partial charge in [0.05, 0.1) is 0 Å². The molecule has 0 aliphatic rings. The largest absolute Gasteiger partial charge is 0.489 e. The molecule has 2 N–H and O–H groups in total. The van der Waals surface area contributed by atoms with E-state index < -0.39 is 0 Å². The first-order valence-corrected chi connectivity index (χ1v) is 7.28. The van der Waals surface area contributed by atoms with Crippen LogP contribution in [0.4, 0.5) is 10.5 Å². The highest BCUT2D eigenvalue weighted by molar-refractivity contribution is 5.89. The predicted octanol–water partition coefficient (Wildman–Crippen LogP) is 3.94. The van der Waals surface area contributed by atoms with Crippen molar-refractivity contribution in [2.75, 3.05) is 12.4 Å². The van der Waals surface area contributed by atoms with Gasteiger partial charge in [-0.05, 0) is 38.5 Å². The third-order valence-electron chi connectivity index (χ3n) is 3.45. The first kappa shape index (κ1) is 15.9. The predicted molar refractivity (Wildman–Crippen MR) is 89.5 cm³/mol. The third kappa shape index (κ3) is 4.01. The number of rotatable bonds is 4. The highest BCUT2D eigenvalue weighted by Gasteiger charge is 2.08. The van der Waals surface area contributed by atoms with Gasteiger partial charge in [-0.25, -0.2) is 4.79 Å². The minimum absolute atomic E-state index is 0.239. The smallest absolute Gasteiger partial charge is 0.318 e. The van der Waals surface area contributed by atoms with Gasteiger partial charge in [0.25, 0.3) is 0 Å². The second-order valence-corrected chi connectivity index (χ2v) is 5.42. The maximum absolute atomic E-state index is 11.5. The quantitative estimate of drug-likeness (QED) is 0.898. The number of carbonyl (C=O) groups excluding carboxylic acids is 1. The van der Waals surface area contributed by atoms with E-state index in [2.05, 4.69) is 23.6 Å². The highest BCUT2D eigenvalue weighted by atomic mass is 16.5. The molecule has 2 aromatic carbocycles. The average molecular weight is 298 g/mol. The first-order chi connectivity index (χ1) is 10.5. The van der Waals surface area contributed by atoms with E-state index in [1.165, 1.54) is 5.56 Å². The number of benzene rings is 2. The van der Waals surface area contributed by atoms with Gasteiger partial charge in [0.15, 0.2) is 0 Å². The molecule has 0 fully saturated rings. The van der Waals surface area contributed by atoms with E-state index in [1.54, 1.807) is 7.05 Å². The van der Waals surface area contributed by atoms with Crippen molar-refractivity contribution >= 4 is 11.7 Å². The van der Waals surface area contributed by atoms with Crippen LogP contribution >= 0.6 is 0 Å². The van der Waals surface area contributed by atoms with Crippen molar-refractivity contribution in [3.63, 3.8) is 0 Å². The van der Waals surface area contributed by atoms with E-state index in [0.29, 0.717) is 6.61 Å². The highest BCUT2D eigenvalue weighted by Crippen LogP contribution is 2.23. The van der Waals surface area contributed by atoms with Gasteiger partial charge in [0.2, 0.25) is 0 Å². The van der Waals surface area contributed by atoms with Crippen LogP contribution in [0.1, 0.15) is 22.3 Å². The molecule has 0 atom stereocenters. The second kappa shape index (κ2) is 6.98. The molecule has 0 saturated heterocycles. The summed E-state index contributed by atoms with van der Waals surface area (Å²) in [6.07, 6.45) is 0. The molecular weight excluding hydrogens is 276 g/mol. The summed E-state index contributed by atoms with van der Waals surface area (Å²) in [7, 11) is 1.59. The Bertz CT molecular complexity index is 681. The third-order valence-corrected chi connectivity index (χ3v) is 3.45. The van der Waals surface area contributed by atoms with Crippen molar-refractivity contribution < 1.29 is 9.53 Å². The lowest BCUT2D eigenvalue weighted by molar-refractivity contribution is 0.254. The molecule has 22 heavy (non-hydrogen) atoms. The standard InChI is InChI=1S/C18H22N2O2/c1-12-6-8-17(14(3)9-12)22-11-15-10-13(2)5-7-16(15)20-18(21)19-4/h5-10H,11H2,1-4H3,(H2,19,20,21). The number of carbonyl (C=O) groups is 1. The molecule has 2 rings (SSSR count). The van der Waals surface area contributed by atoms with Gasteiger partial charge >= 0.3 is 6.03 Å². The van der Waals surface area contributed by atoms with Gasteiger partial charge in [-0.15, -0.1) is 0 Å². The lowest BCUT2D eigenvalue weighted by Gasteiger charge is -2.14. The SMILES string of the molecule is CNC(=O)Nc1ccc(C)cc1COc1ccc(C)cc1C. The maximum Gasteiger partial charge on any atom is 0.318 e. The molecule has 116 valence electrons. The topological polar surface area (TPSA) is 50.4 Å². The minimum Gasteiger partial charge on any atom is -0.489 e. The normalized spacial score (nSPS) is 10.2. The molecular formula is C18H22N2O2. The molecule has 0 aliphatic heterocycles. The Morgan fingerprint density at radius 3 is 2.41 bits per heavy atom. The Kier molecular flexibility index (Phi) is 5.04. The Hall–Kier alpha value is -2.49. The summed E-state index contributed by atoms with van der Waals surface area (Å²) in [6.45, 7) is 6.51. The molecule has 0 saturated carbocycles. The minimum atomic E-state index is -0.239. The van der Waals surface area contributed by atoms with Gasteiger partial charge in [-0.3, -0.25) is 0 Å². The zero-order valence-corrected chi connectivity index (χ0v) is 13.5. The van der Waals surface area contributed by atoms with Crippen LogP contribution < -0.4 is 15.4 Å². The maximum atomic E-state index is 11.5. The Balaban J connectivity index is 2.17. The lowest BCUT2D eigenvalue weighted by atomic mass is 10.1.